The van der Waals surface area contributed by atoms with Gasteiger partial charge in [-0.15, -0.1) is 0 Å². The molecule has 0 radical (unpaired) electrons. The van der Waals surface area contributed by atoms with E-state index in [1.807, 2.05) is 0 Å². The van der Waals surface area contributed by atoms with Crippen LogP contribution in [-0.2, 0) is 39.2 Å². The Bertz CT molecular complexity index is 720. The molecule has 0 unspecified atom stereocenters. The molecule has 23 heteroatoms. The Morgan fingerprint density at radius 3 is 0.657 bits per heavy atom. The number of aliphatic carboxylic acids is 6. The number of rotatable bonds is 10. The van der Waals surface area contributed by atoms with Gasteiger partial charge in [0, 0.05) is 0 Å². The summed E-state index contributed by atoms with van der Waals surface area (Å²) in [5.74, 6) is -10.0. The Morgan fingerprint density at radius 2 is 0.600 bits per heavy atom. The molecule has 0 heterocycles. The molecule has 0 aliphatic rings. The third-order valence-corrected chi connectivity index (χ3v) is 2.57. The molecule has 0 bridgehead atoms. The van der Waals surface area contributed by atoms with Crippen molar-refractivity contribution < 1.29 is 87.1 Å². The number of aliphatic hydroxyl groups is 2. The van der Waals surface area contributed by atoms with Crippen LogP contribution >= 0.6 is 0 Å². The zero-order chi connectivity index (χ0) is 25.8. The van der Waals surface area contributed by atoms with Crippen LogP contribution in [0.25, 0.3) is 0 Å². The molecule has 0 spiro atoms. The van der Waals surface area contributed by atoms with Gasteiger partial charge in [0.1, 0.15) is 0 Å². The van der Waals surface area contributed by atoms with E-state index in [9.17, 15) is 28.8 Å². The van der Waals surface area contributed by atoms with E-state index in [2.05, 4.69) is 0 Å². The zero-order valence-electron chi connectivity index (χ0n) is 15.0. The fraction of sp³-hybridized carbons (Fsp3) is 0.500. The summed E-state index contributed by atoms with van der Waals surface area (Å²) in [6, 6.07) is 0. The first-order valence-corrected chi connectivity index (χ1v) is 8.44. The molecular formula is C12H22Na4O18S. The van der Waals surface area contributed by atoms with E-state index in [1.165, 1.54) is 0 Å². The van der Waals surface area contributed by atoms with Crippen LogP contribution in [0.1, 0.15) is 25.7 Å². The average molecular weight is 578 g/mol. The van der Waals surface area contributed by atoms with E-state index in [0.717, 1.165) is 0 Å². The van der Waals surface area contributed by atoms with E-state index in [1.54, 1.807) is 0 Å². The predicted octanol–water partition coefficient (Wildman–Crippen LogP) is -5.74. The molecule has 10 N–H and O–H groups in total. The van der Waals surface area contributed by atoms with E-state index in [4.69, 9.17) is 58.4 Å². The normalized spacial score (nSPS) is 9.71. The minimum atomic E-state index is -4.67. The van der Waals surface area contributed by atoms with Gasteiger partial charge in [0.05, 0.1) is 25.7 Å². The quantitative estimate of drug-likeness (QED) is 0.0852. The van der Waals surface area contributed by atoms with Crippen molar-refractivity contribution in [3.63, 3.8) is 0 Å². The summed E-state index contributed by atoms with van der Waals surface area (Å²) in [4.78, 5) is 61.0. The maximum absolute atomic E-state index is 10.3. The zero-order valence-corrected chi connectivity index (χ0v) is 15.8. The molecule has 0 saturated heterocycles. The number of carboxylic acids is 6. The van der Waals surface area contributed by atoms with Gasteiger partial charge in [-0.25, -0.2) is 9.59 Å². The van der Waals surface area contributed by atoms with Crippen LogP contribution in [0.15, 0.2) is 0 Å². The summed E-state index contributed by atoms with van der Waals surface area (Å²) in [6.45, 7) is 0. The van der Waals surface area contributed by atoms with Gasteiger partial charge in [-0.1, -0.05) is 0 Å². The number of carbonyl (C=O) groups is 6. The molecule has 188 valence electrons. The van der Waals surface area contributed by atoms with Gasteiger partial charge in [-0.2, -0.15) is 8.42 Å². The van der Waals surface area contributed by atoms with Gasteiger partial charge in [-0.3, -0.25) is 28.3 Å². The molecule has 0 aliphatic heterocycles. The van der Waals surface area contributed by atoms with Gasteiger partial charge in [-0.05, 0) is 0 Å². The van der Waals surface area contributed by atoms with Crippen LogP contribution < -0.4 is 0 Å². The van der Waals surface area contributed by atoms with Crippen LogP contribution in [0.3, 0.4) is 0 Å². The van der Waals surface area contributed by atoms with Crippen molar-refractivity contribution in [2.24, 2.45) is 0 Å². The average Bonchev–Trinajstić information content (AvgIpc) is 2.41. The summed E-state index contributed by atoms with van der Waals surface area (Å²) in [5, 5.41) is 67.6. The SMILES string of the molecule is O=C(O)CC(O)(CC(=O)O)C(=O)O.O=C(O)CC(O)(CC(=O)O)C(=O)O.O=S(=O)(O)O.[NaH].[NaH].[NaH].[NaH]. The first-order valence-electron chi connectivity index (χ1n) is 7.04. The van der Waals surface area contributed by atoms with Crippen molar-refractivity contribution in [2.75, 3.05) is 0 Å². The molecule has 0 aliphatic carbocycles. The summed E-state index contributed by atoms with van der Waals surface area (Å²) in [5.41, 5.74) is -5.48. The summed E-state index contributed by atoms with van der Waals surface area (Å²) in [7, 11) is -4.67. The molecule has 0 saturated carbocycles. The maximum atomic E-state index is 10.3. The molecule has 18 nitrogen and oxygen atoms in total. The third-order valence-electron chi connectivity index (χ3n) is 2.57. The molecule has 0 aromatic carbocycles. The van der Waals surface area contributed by atoms with E-state index in [0.29, 0.717) is 0 Å². The van der Waals surface area contributed by atoms with Crippen molar-refractivity contribution >= 4 is 164 Å². The van der Waals surface area contributed by atoms with Crippen LogP contribution in [0.4, 0.5) is 0 Å². The van der Waals surface area contributed by atoms with Gasteiger partial charge in [0.2, 0.25) is 0 Å². The molecule has 0 amide bonds. The van der Waals surface area contributed by atoms with Crippen LogP contribution in [0.2, 0.25) is 0 Å². The Hall–Kier alpha value is 0.610. The first kappa shape index (κ1) is 52.1. The van der Waals surface area contributed by atoms with Crippen molar-refractivity contribution in [1.29, 1.82) is 0 Å². The fourth-order valence-electron chi connectivity index (χ4n) is 1.43. The predicted molar refractivity (Wildman–Crippen MR) is 117 cm³/mol. The van der Waals surface area contributed by atoms with Crippen molar-refractivity contribution in [1.82, 2.24) is 0 Å². The Labute approximate surface area is 284 Å². The minimum absolute atomic E-state index is 0. The standard InChI is InChI=1S/2C6H8O7.4Na.H2O4S.4H/c2*7-3(8)1-6(13,5(11)12)2-4(9)10;;;;;1-5(2,3)4;;;;/h2*13H,1-2H2,(H,7,8)(H,9,10)(H,11,12);;;;;(H2,1,2,3,4);;;;. The monoisotopic (exact) mass is 578 g/mol. The molecule has 35 heavy (non-hydrogen) atoms. The van der Waals surface area contributed by atoms with Crippen LogP contribution in [-0.4, -0.2) is 224 Å². The molecule has 0 atom stereocenters. The second-order valence-electron chi connectivity index (χ2n) is 5.40. The Balaban J connectivity index is -0.0000000686. The second-order valence-corrected chi connectivity index (χ2v) is 6.30. The van der Waals surface area contributed by atoms with Crippen molar-refractivity contribution in [2.45, 2.75) is 36.9 Å². The first-order chi connectivity index (χ1) is 13.6. The number of hydrogen-bond donors (Lipinski definition) is 10. The molecular weight excluding hydrogens is 556 g/mol. The molecule has 0 rings (SSSR count). The Morgan fingerprint density at radius 1 is 0.486 bits per heavy atom. The second kappa shape index (κ2) is 23.7. The van der Waals surface area contributed by atoms with Crippen LogP contribution in [0, 0.1) is 0 Å². The number of carboxylic acid groups (broad SMARTS) is 6. The van der Waals surface area contributed by atoms with Crippen molar-refractivity contribution in [3.8, 4) is 0 Å². The summed E-state index contributed by atoms with van der Waals surface area (Å²) in [6.07, 6.45) is -4.58. The summed E-state index contributed by atoms with van der Waals surface area (Å²) >= 11 is 0. The van der Waals surface area contributed by atoms with Crippen LogP contribution in [0.5, 0.6) is 0 Å². The topological polar surface area (TPSA) is 339 Å². The van der Waals surface area contributed by atoms with Gasteiger partial charge in [0.25, 0.3) is 0 Å². The summed E-state index contributed by atoms with van der Waals surface area (Å²) < 4.78 is 31.6. The van der Waals surface area contributed by atoms with Gasteiger partial charge in [0.15, 0.2) is 11.2 Å². The Kier molecular flexibility index (Phi) is 35.3. The van der Waals surface area contributed by atoms with E-state index in [-0.39, 0.29) is 118 Å². The van der Waals surface area contributed by atoms with E-state index >= 15 is 0 Å². The molecule has 0 aromatic heterocycles. The number of hydrogen-bond acceptors (Lipinski definition) is 10. The van der Waals surface area contributed by atoms with Gasteiger partial charge < -0.3 is 40.9 Å². The van der Waals surface area contributed by atoms with Crippen molar-refractivity contribution in [3.05, 3.63) is 0 Å². The molecule has 0 aromatic rings. The molecule has 0 fully saturated rings. The van der Waals surface area contributed by atoms with Gasteiger partial charge >= 0.3 is 164 Å². The fourth-order valence-corrected chi connectivity index (χ4v) is 1.43. The van der Waals surface area contributed by atoms with E-state index < -0.39 is 83.1 Å². The third kappa shape index (κ3) is 34.6.